The van der Waals surface area contributed by atoms with Gasteiger partial charge in [-0.25, -0.2) is 0 Å². The molecule has 0 aromatic carbocycles. The van der Waals surface area contributed by atoms with E-state index in [9.17, 15) is 0 Å². The van der Waals surface area contributed by atoms with Gasteiger partial charge in [-0.3, -0.25) is 4.68 Å². The van der Waals surface area contributed by atoms with Gasteiger partial charge in [0.2, 0.25) is 0 Å². The molecule has 1 heterocycles. The average molecular weight is 239 g/mol. The van der Waals surface area contributed by atoms with E-state index in [0.717, 1.165) is 43.4 Å². The van der Waals surface area contributed by atoms with Gasteiger partial charge >= 0.3 is 0 Å². The van der Waals surface area contributed by atoms with Gasteiger partial charge < -0.3 is 16.0 Å². The molecule has 1 rings (SSSR count). The fraction of sp³-hybridized carbons (Fsp3) is 0.750. The summed E-state index contributed by atoms with van der Waals surface area (Å²) in [5, 5.41) is 7.64. The lowest BCUT2D eigenvalue weighted by Gasteiger charge is -2.20. The molecule has 0 fully saturated rings. The highest BCUT2D eigenvalue weighted by Gasteiger charge is 2.09. The Labute approximate surface area is 104 Å². The minimum Gasteiger partial charge on any atom is -0.394 e. The topological polar surface area (TPSA) is 59.1 Å². The van der Waals surface area contributed by atoms with E-state index in [1.54, 1.807) is 4.68 Å². The molecule has 0 atom stereocenters. The predicted octanol–water partition coefficient (Wildman–Crippen LogP) is 1.45. The van der Waals surface area contributed by atoms with Crippen LogP contribution in [0.3, 0.4) is 0 Å². The number of rotatable bonds is 7. The van der Waals surface area contributed by atoms with Crippen molar-refractivity contribution in [3.63, 3.8) is 0 Å². The summed E-state index contributed by atoms with van der Waals surface area (Å²) in [6, 6.07) is 0. The van der Waals surface area contributed by atoms with Gasteiger partial charge in [-0.05, 0) is 26.4 Å². The van der Waals surface area contributed by atoms with Crippen LogP contribution in [0.2, 0.25) is 0 Å². The zero-order valence-electron chi connectivity index (χ0n) is 11.5. The number of aromatic nitrogens is 2. The number of likely N-dealkylation sites (N-methyl/N-ethyl adjacent to an activating group) is 1. The first-order valence-electron chi connectivity index (χ1n) is 6.35. The Bertz CT molecular complexity index is 345. The molecule has 1 aromatic rings. The van der Waals surface area contributed by atoms with Crippen LogP contribution in [0, 0.1) is 6.92 Å². The summed E-state index contributed by atoms with van der Waals surface area (Å²) in [6.45, 7) is 10.5. The molecule has 0 aliphatic rings. The Morgan fingerprint density at radius 2 is 2.06 bits per heavy atom. The SMILES string of the molecule is CCCN(CC)CCNc1c(N)c(C)nn1C. The number of nitrogens with one attached hydrogen (secondary N) is 1. The summed E-state index contributed by atoms with van der Waals surface area (Å²) >= 11 is 0. The summed E-state index contributed by atoms with van der Waals surface area (Å²) in [7, 11) is 1.91. The zero-order valence-corrected chi connectivity index (χ0v) is 11.5. The van der Waals surface area contributed by atoms with Crippen LogP contribution in [0.25, 0.3) is 0 Å². The standard InChI is InChI=1S/C12H25N5/c1-5-8-17(6-2)9-7-14-12-11(13)10(3)15-16(12)4/h14H,5-9,13H2,1-4H3. The number of anilines is 2. The molecule has 0 bridgehead atoms. The van der Waals surface area contributed by atoms with Crippen molar-refractivity contribution in [3.05, 3.63) is 5.69 Å². The molecule has 0 amide bonds. The molecule has 1 aromatic heterocycles. The van der Waals surface area contributed by atoms with E-state index in [2.05, 4.69) is 29.2 Å². The molecule has 98 valence electrons. The van der Waals surface area contributed by atoms with Crippen LogP contribution >= 0.6 is 0 Å². The first-order chi connectivity index (χ1) is 8.10. The third-order valence-corrected chi connectivity index (χ3v) is 2.98. The van der Waals surface area contributed by atoms with Gasteiger partial charge in [-0.2, -0.15) is 5.10 Å². The molecule has 5 heteroatoms. The Balaban J connectivity index is 2.45. The largest absolute Gasteiger partial charge is 0.394 e. The fourth-order valence-corrected chi connectivity index (χ4v) is 1.96. The fourth-order valence-electron chi connectivity index (χ4n) is 1.96. The number of hydrogen-bond acceptors (Lipinski definition) is 4. The molecule has 0 radical (unpaired) electrons. The molecule has 0 aliphatic carbocycles. The number of nitrogen functional groups attached to an aromatic ring is 1. The van der Waals surface area contributed by atoms with Crippen LogP contribution in [-0.4, -0.2) is 40.9 Å². The number of aryl methyl sites for hydroxylation is 2. The highest BCUT2D eigenvalue weighted by molar-refractivity contribution is 5.64. The number of nitrogens with two attached hydrogens (primary N) is 1. The monoisotopic (exact) mass is 239 g/mol. The van der Waals surface area contributed by atoms with Crippen molar-refractivity contribution < 1.29 is 0 Å². The smallest absolute Gasteiger partial charge is 0.147 e. The Morgan fingerprint density at radius 3 is 2.53 bits per heavy atom. The third-order valence-electron chi connectivity index (χ3n) is 2.98. The van der Waals surface area contributed by atoms with Crippen LogP contribution < -0.4 is 11.1 Å². The van der Waals surface area contributed by atoms with E-state index < -0.39 is 0 Å². The molecule has 17 heavy (non-hydrogen) atoms. The lowest BCUT2D eigenvalue weighted by molar-refractivity contribution is 0.300. The zero-order chi connectivity index (χ0) is 12.8. The molecule has 0 aliphatic heterocycles. The molecule has 0 unspecified atom stereocenters. The molecule has 0 spiro atoms. The lowest BCUT2D eigenvalue weighted by atomic mass is 10.3. The molecule has 0 saturated carbocycles. The van der Waals surface area contributed by atoms with Crippen LogP contribution in [0.1, 0.15) is 26.0 Å². The van der Waals surface area contributed by atoms with Gasteiger partial charge in [0.1, 0.15) is 5.82 Å². The molecule has 0 saturated heterocycles. The van der Waals surface area contributed by atoms with E-state index in [1.165, 1.54) is 6.42 Å². The van der Waals surface area contributed by atoms with Crippen LogP contribution in [0.4, 0.5) is 11.5 Å². The van der Waals surface area contributed by atoms with E-state index in [1.807, 2.05) is 14.0 Å². The summed E-state index contributed by atoms with van der Waals surface area (Å²) < 4.78 is 1.81. The minimum atomic E-state index is 0.756. The quantitative estimate of drug-likeness (QED) is 0.756. The van der Waals surface area contributed by atoms with Crippen molar-refractivity contribution in [2.24, 2.45) is 7.05 Å². The molecular weight excluding hydrogens is 214 g/mol. The summed E-state index contributed by atoms with van der Waals surface area (Å²) in [4.78, 5) is 2.42. The van der Waals surface area contributed by atoms with Gasteiger partial charge in [0.15, 0.2) is 0 Å². The van der Waals surface area contributed by atoms with Gasteiger partial charge in [0.05, 0.1) is 11.4 Å². The second-order valence-electron chi connectivity index (χ2n) is 4.33. The molecule has 3 N–H and O–H groups in total. The summed E-state index contributed by atoms with van der Waals surface area (Å²) in [5.41, 5.74) is 7.59. The van der Waals surface area contributed by atoms with Gasteiger partial charge in [-0.1, -0.05) is 13.8 Å². The Morgan fingerprint density at radius 1 is 1.35 bits per heavy atom. The maximum Gasteiger partial charge on any atom is 0.147 e. The number of nitrogens with zero attached hydrogens (tertiary/aromatic N) is 3. The highest BCUT2D eigenvalue weighted by atomic mass is 15.3. The second-order valence-corrected chi connectivity index (χ2v) is 4.33. The van der Waals surface area contributed by atoms with Crippen LogP contribution in [-0.2, 0) is 7.05 Å². The summed E-state index contributed by atoms with van der Waals surface area (Å²) in [5.74, 6) is 0.926. The van der Waals surface area contributed by atoms with Crippen molar-refractivity contribution >= 4 is 11.5 Å². The van der Waals surface area contributed by atoms with Crippen molar-refractivity contribution in [1.82, 2.24) is 14.7 Å². The van der Waals surface area contributed by atoms with Crippen molar-refractivity contribution in [3.8, 4) is 0 Å². The van der Waals surface area contributed by atoms with Crippen molar-refractivity contribution in [1.29, 1.82) is 0 Å². The van der Waals surface area contributed by atoms with Gasteiger partial charge in [-0.15, -0.1) is 0 Å². The van der Waals surface area contributed by atoms with Crippen LogP contribution in [0.15, 0.2) is 0 Å². The maximum absolute atomic E-state index is 5.95. The molecular formula is C12H25N5. The summed E-state index contributed by atoms with van der Waals surface area (Å²) in [6.07, 6.45) is 1.20. The first kappa shape index (κ1) is 13.8. The van der Waals surface area contributed by atoms with Gasteiger partial charge in [0, 0.05) is 20.1 Å². The average Bonchev–Trinajstić information content (AvgIpc) is 2.54. The van der Waals surface area contributed by atoms with Crippen molar-refractivity contribution in [2.45, 2.75) is 27.2 Å². The molecule has 5 nitrogen and oxygen atoms in total. The van der Waals surface area contributed by atoms with Gasteiger partial charge in [0.25, 0.3) is 0 Å². The predicted molar refractivity (Wildman–Crippen MR) is 73.3 cm³/mol. The van der Waals surface area contributed by atoms with E-state index >= 15 is 0 Å². The van der Waals surface area contributed by atoms with Crippen LogP contribution in [0.5, 0.6) is 0 Å². The highest BCUT2D eigenvalue weighted by Crippen LogP contribution is 2.20. The first-order valence-corrected chi connectivity index (χ1v) is 6.35. The third kappa shape index (κ3) is 3.63. The maximum atomic E-state index is 5.95. The second kappa shape index (κ2) is 6.49. The van der Waals surface area contributed by atoms with E-state index in [4.69, 9.17) is 5.73 Å². The van der Waals surface area contributed by atoms with E-state index in [0.29, 0.717) is 0 Å². The van der Waals surface area contributed by atoms with E-state index in [-0.39, 0.29) is 0 Å². The van der Waals surface area contributed by atoms with Crippen molar-refractivity contribution in [2.75, 3.05) is 37.2 Å². The Kier molecular flexibility index (Phi) is 5.28. The normalized spacial score (nSPS) is 11.1. The Hall–Kier alpha value is -1.23. The lowest BCUT2D eigenvalue weighted by Crippen LogP contribution is -2.30. The number of hydrogen-bond donors (Lipinski definition) is 2. The minimum absolute atomic E-state index is 0.756.